The van der Waals surface area contributed by atoms with Crippen LogP contribution < -0.4 is 9.46 Å². The Balaban J connectivity index is 1.40. The summed E-state index contributed by atoms with van der Waals surface area (Å²) >= 11 is 6.08. The molecule has 0 fully saturated rings. The van der Waals surface area contributed by atoms with Gasteiger partial charge < -0.3 is 4.74 Å². The van der Waals surface area contributed by atoms with Crippen LogP contribution >= 0.6 is 11.6 Å². The van der Waals surface area contributed by atoms with Gasteiger partial charge in [0.2, 0.25) is 10.0 Å². The smallest absolute Gasteiger partial charge is 0.240 e. The van der Waals surface area contributed by atoms with Crippen LogP contribution in [0.1, 0.15) is 5.56 Å². The summed E-state index contributed by atoms with van der Waals surface area (Å²) in [5.74, 6) is 0.988. The van der Waals surface area contributed by atoms with Crippen molar-refractivity contribution < 1.29 is 13.2 Å². The Hall–Kier alpha value is -3.26. The first-order valence-electron chi connectivity index (χ1n) is 9.39. The van der Waals surface area contributed by atoms with E-state index in [1.807, 2.05) is 30.3 Å². The highest BCUT2D eigenvalue weighted by Crippen LogP contribution is 2.29. The normalized spacial score (nSPS) is 11.3. The van der Waals surface area contributed by atoms with Gasteiger partial charge in [-0.1, -0.05) is 29.8 Å². The summed E-state index contributed by atoms with van der Waals surface area (Å²) in [6, 6.07) is 20.6. The van der Waals surface area contributed by atoms with Gasteiger partial charge in [-0.05, 0) is 60.2 Å². The number of sulfonamides is 1. The third kappa shape index (κ3) is 5.27. The van der Waals surface area contributed by atoms with Gasteiger partial charge in [-0.15, -0.1) is 0 Å². The van der Waals surface area contributed by atoms with E-state index in [2.05, 4.69) is 14.7 Å². The highest BCUT2D eigenvalue weighted by atomic mass is 35.5. The lowest BCUT2D eigenvalue weighted by molar-refractivity contribution is 0.482. The minimum atomic E-state index is -3.69. The Bertz CT molecular complexity index is 1260. The summed E-state index contributed by atoms with van der Waals surface area (Å²) < 4.78 is 33.5. The molecule has 0 spiro atoms. The van der Waals surface area contributed by atoms with Gasteiger partial charge in [0, 0.05) is 30.7 Å². The summed E-state index contributed by atoms with van der Waals surface area (Å²) in [5.41, 5.74) is 2.41. The molecule has 0 radical (unpaired) electrons. The van der Waals surface area contributed by atoms with Gasteiger partial charge >= 0.3 is 0 Å². The molecule has 0 unspecified atom stereocenters. The van der Waals surface area contributed by atoms with Crippen LogP contribution in [0.25, 0.3) is 11.3 Å². The van der Waals surface area contributed by atoms with Crippen molar-refractivity contribution in [2.75, 3.05) is 0 Å². The van der Waals surface area contributed by atoms with E-state index < -0.39 is 10.0 Å². The van der Waals surface area contributed by atoms with Crippen molar-refractivity contribution in [1.29, 1.82) is 0 Å². The maximum atomic E-state index is 12.6. The Morgan fingerprint density at radius 2 is 1.71 bits per heavy atom. The molecule has 0 aliphatic rings. The number of benzene rings is 2. The van der Waals surface area contributed by atoms with Crippen molar-refractivity contribution in [1.82, 2.24) is 14.7 Å². The molecular formula is C23H18ClN3O3S. The van der Waals surface area contributed by atoms with Gasteiger partial charge in [0.25, 0.3) is 0 Å². The summed E-state index contributed by atoms with van der Waals surface area (Å²) in [7, 11) is -3.69. The Labute approximate surface area is 185 Å². The molecule has 0 aliphatic heterocycles. The minimum Gasteiger partial charge on any atom is -0.456 e. The number of pyridine rings is 2. The fourth-order valence-corrected chi connectivity index (χ4v) is 4.01. The van der Waals surface area contributed by atoms with Crippen LogP contribution in [0.2, 0.25) is 5.02 Å². The van der Waals surface area contributed by atoms with Crippen LogP contribution in [-0.4, -0.2) is 18.4 Å². The SMILES string of the molecule is O=S(=O)(NCc1ccc(-c2cccnc2)nc1)c1ccc(Oc2ccccc2Cl)cc1. The van der Waals surface area contributed by atoms with Crippen LogP contribution in [0, 0.1) is 0 Å². The lowest BCUT2D eigenvalue weighted by Gasteiger charge is -2.10. The molecule has 6 nitrogen and oxygen atoms in total. The Morgan fingerprint density at radius 3 is 2.39 bits per heavy atom. The second-order valence-corrected chi connectivity index (χ2v) is 8.80. The number of hydrogen-bond donors (Lipinski definition) is 1. The molecule has 2 aromatic heterocycles. The maximum absolute atomic E-state index is 12.6. The van der Waals surface area contributed by atoms with Crippen LogP contribution in [-0.2, 0) is 16.6 Å². The molecule has 0 saturated carbocycles. The molecule has 4 rings (SSSR count). The fraction of sp³-hybridized carbons (Fsp3) is 0.0435. The van der Waals surface area contributed by atoms with E-state index >= 15 is 0 Å². The number of rotatable bonds is 7. The molecule has 156 valence electrons. The number of para-hydroxylation sites is 1. The molecule has 2 heterocycles. The standard InChI is InChI=1S/C23H18ClN3O3S/c24-21-5-1-2-6-23(21)30-19-8-10-20(11-9-19)31(28,29)27-15-17-7-12-22(26-14-17)18-4-3-13-25-16-18/h1-14,16,27H,15H2. The number of halogens is 1. The quantitative estimate of drug-likeness (QED) is 0.424. The van der Waals surface area contributed by atoms with Crippen LogP contribution in [0.3, 0.4) is 0 Å². The molecule has 4 aromatic rings. The summed E-state index contributed by atoms with van der Waals surface area (Å²) in [4.78, 5) is 8.59. The van der Waals surface area contributed by atoms with Gasteiger partial charge in [0.15, 0.2) is 0 Å². The third-order valence-corrected chi connectivity index (χ3v) is 6.18. The summed E-state index contributed by atoms with van der Waals surface area (Å²) in [6.45, 7) is 0.126. The minimum absolute atomic E-state index is 0.126. The summed E-state index contributed by atoms with van der Waals surface area (Å²) in [6.07, 6.45) is 5.07. The zero-order valence-electron chi connectivity index (χ0n) is 16.3. The number of aromatic nitrogens is 2. The average molecular weight is 452 g/mol. The predicted octanol–water partition coefficient (Wildman–Crippen LogP) is 5.07. The van der Waals surface area contributed by atoms with E-state index in [1.54, 1.807) is 48.9 Å². The highest BCUT2D eigenvalue weighted by molar-refractivity contribution is 7.89. The second kappa shape index (κ2) is 9.26. The first-order chi connectivity index (χ1) is 15.0. The van der Waals surface area contributed by atoms with Gasteiger partial charge in [-0.2, -0.15) is 0 Å². The van der Waals surface area contributed by atoms with Crippen molar-refractivity contribution in [3.8, 4) is 22.8 Å². The molecule has 31 heavy (non-hydrogen) atoms. The lowest BCUT2D eigenvalue weighted by atomic mass is 10.1. The van der Waals surface area contributed by atoms with E-state index in [4.69, 9.17) is 16.3 Å². The predicted molar refractivity (Wildman–Crippen MR) is 119 cm³/mol. The Morgan fingerprint density at radius 1 is 0.903 bits per heavy atom. The number of ether oxygens (including phenoxy) is 1. The van der Waals surface area contributed by atoms with Crippen LogP contribution in [0.5, 0.6) is 11.5 Å². The lowest BCUT2D eigenvalue weighted by Crippen LogP contribution is -2.23. The molecule has 1 N–H and O–H groups in total. The van der Waals surface area contributed by atoms with E-state index in [1.165, 1.54) is 12.1 Å². The van der Waals surface area contributed by atoms with E-state index in [0.29, 0.717) is 16.5 Å². The van der Waals surface area contributed by atoms with E-state index in [9.17, 15) is 8.42 Å². The molecule has 0 bridgehead atoms. The number of nitrogens with zero attached hydrogens (tertiary/aromatic N) is 2. The monoisotopic (exact) mass is 451 g/mol. The molecule has 0 aliphatic carbocycles. The number of nitrogens with one attached hydrogen (secondary N) is 1. The van der Waals surface area contributed by atoms with Crippen molar-refractivity contribution in [3.05, 3.63) is 102 Å². The van der Waals surface area contributed by atoms with Gasteiger partial charge in [0.1, 0.15) is 11.5 Å². The van der Waals surface area contributed by atoms with E-state index in [0.717, 1.165) is 16.8 Å². The zero-order valence-corrected chi connectivity index (χ0v) is 17.8. The molecule has 2 aromatic carbocycles. The van der Waals surface area contributed by atoms with Crippen molar-refractivity contribution in [2.45, 2.75) is 11.4 Å². The zero-order chi connectivity index (χ0) is 21.7. The third-order valence-electron chi connectivity index (χ3n) is 4.45. The van der Waals surface area contributed by atoms with Gasteiger partial charge in [-0.3, -0.25) is 9.97 Å². The molecular weight excluding hydrogens is 434 g/mol. The molecule has 8 heteroatoms. The first-order valence-corrected chi connectivity index (χ1v) is 11.2. The maximum Gasteiger partial charge on any atom is 0.240 e. The fourth-order valence-electron chi connectivity index (χ4n) is 2.82. The average Bonchev–Trinajstić information content (AvgIpc) is 2.81. The largest absolute Gasteiger partial charge is 0.456 e. The Kier molecular flexibility index (Phi) is 6.27. The highest BCUT2D eigenvalue weighted by Gasteiger charge is 2.14. The second-order valence-electron chi connectivity index (χ2n) is 6.62. The summed E-state index contributed by atoms with van der Waals surface area (Å²) in [5, 5.41) is 0.476. The molecule has 0 saturated heterocycles. The van der Waals surface area contributed by atoms with Gasteiger partial charge in [-0.25, -0.2) is 13.1 Å². The van der Waals surface area contributed by atoms with Crippen molar-refractivity contribution in [3.63, 3.8) is 0 Å². The van der Waals surface area contributed by atoms with Crippen molar-refractivity contribution >= 4 is 21.6 Å². The molecule has 0 atom stereocenters. The topological polar surface area (TPSA) is 81.2 Å². The first kappa shape index (κ1) is 21.0. The number of hydrogen-bond acceptors (Lipinski definition) is 5. The van der Waals surface area contributed by atoms with Gasteiger partial charge in [0.05, 0.1) is 15.6 Å². The van der Waals surface area contributed by atoms with Crippen molar-refractivity contribution in [2.24, 2.45) is 0 Å². The molecule has 0 amide bonds. The van der Waals surface area contributed by atoms with E-state index in [-0.39, 0.29) is 11.4 Å². The van der Waals surface area contributed by atoms with Crippen LogP contribution in [0.15, 0.2) is 96.3 Å². The van der Waals surface area contributed by atoms with Crippen LogP contribution in [0.4, 0.5) is 0 Å².